The summed E-state index contributed by atoms with van der Waals surface area (Å²) in [5.74, 6) is -1.65. The highest BCUT2D eigenvalue weighted by Crippen LogP contribution is 2.45. The molecule has 14 nitrogen and oxygen atoms in total. The van der Waals surface area contributed by atoms with Crippen LogP contribution in [0.4, 0.5) is 23.7 Å². The SMILES string of the molecule is CO[C@@H](C)c1ncccc1-c1c(CC(C)(C)CO[Si](c2ccccc2)(c2ccccc2)C(C)(C)C)c2cc(N3CCOC(CC(NC(=O)OCc4ccccc4)C(=O)N4CCCC(C(=O)O)N4)C3)ccc2n1C(F)C(F)F. The van der Waals surface area contributed by atoms with Crippen molar-refractivity contribution < 1.29 is 51.3 Å². The van der Waals surface area contributed by atoms with Gasteiger partial charge in [-0.15, -0.1) is 0 Å². The highest BCUT2D eigenvalue weighted by atomic mass is 28.4. The van der Waals surface area contributed by atoms with Crippen molar-refractivity contribution in [3.63, 3.8) is 0 Å². The number of carbonyl (C=O) groups excluding carboxylic acids is 2. The number of fused-ring (bicyclic) bond motifs is 1. The van der Waals surface area contributed by atoms with Crippen LogP contribution in [0.5, 0.6) is 0 Å². The Balaban J connectivity index is 1.17. The maximum Gasteiger partial charge on any atom is 0.408 e. The second-order valence-corrected chi connectivity index (χ2v) is 26.1. The second kappa shape index (κ2) is 24.4. The number of carboxylic acid groups (broad SMARTS) is 1. The summed E-state index contributed by atoms with van der Waals surface area (Å²) < 4.78 is 73.1. The number of alkyl carbamates (subject to hydrolysis) is 1. The van der Waals surface area contributed by atoms with E-state index in [1.54, 1.807) is 42.6 Å². The molecule has 6 aromatic rings. The number of nitrogens with one attached hydrogen (secondary N) is 2. The van der Waals surface area contributed by atoms with Gasteiger partial charge in [-0.3, -0.25) is 19.6 Å². The van der Waals surface area contributed by atoms with Gasteiger partial charge in [-0.2, -0.15) is 0 Å². The van der Waals surface area contributed by atoms with E-state index in [9.17, 15) is 19.5 Å². The van der Waals surface area contributed by atoms with Crippen LogP contribution >= 0.6 is 0 Å². The average molecular weight is 1080 g/mol. The zero-order valence-electron chi connectivity index (χ0n) is 44.9. The number of amides is 2. The highest BCUT2D eigenvalue weighted by Gasteiger charge is 2.51. The molecule has 2 amide bonds. The quantitative estimate of drug-likeness (QED) is 0.0626. The predicted octanol–water partition coefficient (Wildman–Crippen LogP) is 9.76. The number of pyridine rings is 1. The largest absolute Gasteiger partial charge is 0.480 e. The number of ether oxygens (including phenoxy) is 3. The van der Waals surface area contributed by atoms with E-state index in [4.69, 9.17) is 18.6 Å². The van der Waals surface area contributed by atoms with Crippen molar-refractivity contribution >= 4 is 53.3 Å². The molecule has 0 aliphatic carbocycles. The topological polar surface area (TPSA) is 157 Å². The summed E-state index contributed by atoms with van der Waals surface area (Å²) in [6, 6.07) is 36.4. The summed E-state index contributed by atoms with van der Waals surface area (Å²) in [7, 11) is -1.52. The predicted molar refractivity (Wildman–Crippen MR) is 293 cm³/mol. The molecule has 4 aromatic carbocycles. The van der Waals surface area contributed by atoms with Gasteiger partial charge in [-0.1, -0.05) is 126 Å². The van der Waals surface area contributed by atoms with Crippen LogP contribution in [-0.2, 0) is 41.3 Å². The number of anilines is 1. The van der Waals surface area contributed by atoms with Gasteiger partial charge in [-0.25, -0.2) is 23.4 Å². The van der Waals surface area contributed by atoms with E-state index >= 15 is 13.2 Å². The number of aliphatic carboxylic acids is 1. The fourth-order valence-electron chi connectivity index (χ4n) is 10.9. The Morgan fingerprint density at radius 2 is 1.56 bits per heavy atom. The first-order valence-corrected chi connectivity index (χ1v) is 28.2. The van der Waals surface area contributed by atoms with Crippen molar-refractivity contribution in [2.75, 3.05) is 44.9 Å². The van der Waals surface area contributed by atoms with Crippen LogP contribution in [0.25, 0.3) is 22.2 Å². The molecule has 18 heteroatoms. The highest BCUT2D eigenvalue weighted by molar-refractivity contribution is 6.99. The van der Waals surface area contributed by atoms with Crippen LogP contribution in [-0.4, -0.2) is 111 Å². The molecule has 4 heterocycles. The number of carbonyl (C=O) groups is 3. The molecule has 2 saturated heterocycles. The lowest BCUT2D eigenvalue weighted by Crippen LogP contribution is -2.67. The van der Waals surface area contributed by atoms with Crippen molar-refractivity contribution in [1.29, 1.82) is 0 Å². The minimum Gasteiger partial charge on any atom is -0.480 e. The Labute approximate surface area is 450 Å². The molecule has 77 heavy (non-hydrogen) atoms. The Bertz CT molecular complexity index is 2920. The number of hydrogen-bond donors (Lipinski definition) is 3. The second-order valence-electron chi connectivity index (χ2n) is 21.8. The standard InChI is InChI=1S/C59H71F3N6O8Si/c1-39(73-7)51-45(25-17-29-63-51)52-47(35-59(5,6)38-76-77(58(2,3)4,43-21-13-9-14-22-43)44-23-15-10-16-24-44)46-33-41(27-28-50(46)68(52)54(62)53(60)61)66-31-32-74-42(36-66)34-49(55(69)67-30-18-26-48(65-67)56(70)71)64-57(72)75-37-40-19-11-8-12-20-40/h8-17,19-25,27-29,33,39,42,48-49,53-54,65H,18,26,30-32,34-38H2,1-7H3,(H,64,72)(H,70,71)/t39-,42?,48?,49?,54?/m0/s1. The first kappa shape index (κ1) is 56.6. The van der Waals surface area contributed by atoms with Crippen LogP contribution in [0.3, 0.4) is 0 Å². The van der Waals surface area contributed by atoms with Gasteiger partial charge in [0.15, 0.2) is 0 Å². The first-order valence-electron chi connectivity index (χ1n) is 26.3. The summed E-state index contributed by atoms with van der Waals surface area (Å²) in [5, 5.41) is 16.2. The van der Waals surface area contributed by atoms with Crippen LogP contribution in [0.1, 0.15) is 90.0 Å². The number of alkyl halides is 3. The zero-order valence-corrected chi connectivity index (χ0v) is 45.9. The monoisotopic (exact) mass is 1080 g/mol. The summed E-state index contributed by atoms with van der Waals surface area (Å²) in [6.07, 6.45) is -5.53. The van der Waals surface area contributed by atoms with E-state index in [0.29, 0.717) is 47.3 Å². The van der Waals surface area contributed by atoms with Gasteiger partial charge in [0.05, 0.1) is 35.7 Å². The van der Waals surface area contributed by atoms with Gasteiger partial charge in [-0.05, 0) is 88.5 Å². The number of aromatic nitrogens is 2. The van der Waals surface area contributed by atoms with Gasteiger partial charge in [0.2, 0.25) is 6.30 Å². The minimum absolute atomic E-state index is 0.00137. The number of hydrogen-bond acceptors (Lipinski definition) is 10. The van der Waals surface area contributed by atoms with E-state index in [2.05, 4.69) is 79.5 Å². The van der Waals surface area contributed by atoms with Crippen molar-refractivity contribution in [2.24, 2.45) is 5.41 Å². The number of rotatable bonds is 20. The Hall–Kier alpha value is -6.57. The number of nitrogens with zero attached hydrogens (tertiary/aromatic N) is 4. The van der Waals surface area contributed by atoms with Gasteiger partial charge >= 0.3 is 12.1 Å². The number of methoxy groups -OCH3 is 1. The molecule has 0 radical (unpaired) electrons. The van der Waals surface area contributed by atoms with E-state index < -0.39 is 68.7 Å². The van der Waals surface area contributed by atoms with Crippen LogP contribution < -0.4 is 26.0 Å². The molecule has 5 atom stereocenters. The van der Waals surface area contributed by atoms with Crippen molar-refractivity contribution in [3.8, 4) is 11.3 Å². The third-order valence-electron chi connectivity index (χ3n) is 14.7. The molecule has 2 aliphatic rings. The normalized spacial score (nSPS) is 17.8. The number of carboxylic acids is 1. The zero-order chi connectivity index (χ0) is 55.1. The number of morpholine rings is 1. The Morgan fingerprint density at radius 3 is 2.18 bits per heavy atom. The van der Waals surface area contributed by atoms with Crippen LogP contribution in [0.2, 0.25) is 5.04 Å². The molecule has 410 valence electrons. The van der Waals surface area contributed by atoms with Crippen molar-refractivity contribution in [1.82, 2.24) is 25.3 Å². The molecule has 3 N–H and O–H groups in total. The molecule has 2 fully saturated rings. The minimum atomic E-state index is -3.38. The molecule has 2 aromatic heterocycles. The van der Waals surface area contributed by atoms with Gasteiger partial charge in [0.1, 0.15) is 18.7 Å². The van der Waals surface area contributed by atoms with Crippen molar-refractivity contribution in [3.05, 3.63) is 144 Å². The van der Waals surface area contributed by atoms with E-state index in [0.717, 1.165) is 20.5 Å². The molecular formula is C59H71F3N6O8Si. The molecule has 0 spiro atoms. The first-order chi connectivity index (χ1) is 36.8. The van der Waals surface area contributed by atoms with Crippen molar-refractivity contribution in [2.45, 2.75) is 116 Å². The average Bonchev–Trinajstić information content (AvgIpc) is 3.81. The smallest absolute Gasteiger partial charge is 0.408 e. The third-order valence-corrected chi connectivity index (χ3v) is 19.7. The summed E-state index contributed by atoms with van der Waals surface area (Å²) in [4.78, 5) is 46.3. The van der Waals surface area contributed by atoms with Crippen LogP contribution in [0, 0.1) is 5.41 Å². The fraction of sp³-hybridized carbons (Fsp3) is 0.424. The molecule has 8 rings (SSSR count). The maximum atomic E-state index is 16.7. The van der Waals surface area contributed by atoms with E-state index in [1.165, 1.54) is 12.1 Å². The summed E-state index contributed by atoms with van der Waals surface area (Å²) in [5.41, 5.74) is 5.63. The van der Waals surface area contributed by atoms with Gasteiger partial charge < -0.3 is 38.5 Å². The fourth-order valence-corrected chi connectivity index (χ4v) is 15.6. The molecule has 4 unspecified atom stereocenters. The lowest BCUT2D eigenvalue weighted by atomic mass is 9.84. The Kier molecular flexibility index (Phi) is 17.9. The van der Waals surface area contributed by atoms with Gasteiger partial charge in [0, 0.05) is 62.6 Å². The third kappa shape index (κ3) is 12.7. The summed E-state index contributed by atoms with van der Waals surface area (Å²) in [6.45, 7) is 13.9. The van der Waals surface area contributed by atoms with Crippen LogP contribution in [0.15, 0.2) is 128 Å². The molecule has 0 bridgehead atoms. The molecular weight excluding hydrogens is 1010 g/mol. The van der Waals surface area contributed by atoms with E-state index in [-0.39, 0.29) is 62.0 Å². The number of halogens is 3. The number of benzene rings is 4. The molecule has 0 saturated carbocycles. The lowest BCUT2D eigenvalue weighted by Gasteiger charge is -2.44. The summed E-state index contributed by atoms with van der Waals surface area (Å²) >= 11 is 0. The van der Waals surface area contributed by atoms with Gasteiger partial charge in [0.25, 0.3) is 20.7 Å². The maximum absolute atomic E-state index is 16.7. The Morgan fingerprint density at radius 1 is 0.896 bits per heavy atom. The lowest BCUT2D eigenvalue weighted by molar-refractivity contribution is -0.148. The van der Waals surface area contributed by atoms with E-state index in [1.807, 2.05) is 67.6 Å². The number of hydrazine groups is 1. The molecule has 2 aliphatic heterocycles.